The molecule has 0 atom stereocenters. The Morgan fingerprint density at radius 3 is 2.46 bits per heavy atom. The molecular weight excluding hydrogens is 356 g/mol. The van der Waals surface area contributed by atoms with Gasteiger partial charge >= 0.3 is 0 Å². The molecule has 7 nitrogen and oxygen atoms in total. The Hall–Kier alpha value is -3.48. The lowest BCUT2D eigenvalue weighted by Crippen LogP contribution is -2.29. The van der Waals surface area contributed by atoms with E-state index in [0.717, 1.165) is 11.1 Å². The second-order valence-electron chi connectivity index (χ2n) is 6.69. The number of hydrogen-bond acceptors (Lipinski definition) is 4. The van der Waals surface area contributed by atoms with Gasteiger partial charge in [-0.1, -0.05) is 48.5 Å². The molecule has 1 heterocycles. The number of carbonyl (C=O) groups excluding carboxylic acids is 2. The maximum Gasteiger partial charge on any atom is 0.283 e. The van der Waals surface area contributed by atoms with E-state index < -0.39 is 5.91 Å². The molecular formula is C21H22N4O3. The molecule has 0 bridgehead atoms. The van der Waals surface area contributed by atoms with Crippen LogP contribution in [-0.4, -0.2) is 28.0 Å². The summed E-state index contributed by atoms with van der Waals surface area (Å²) in [5, 5.41) is 21.4. The van der Waals surface area contributed by atoms with Crippen LogP contribution in [0.15, 0.2) is 64.8 Å². The van der Waals surface area contributed by atoms with Crippen LogP contribution in [0.5, 0.6) is 5.88 Å². The number of amides is 2. The Labute approximate surface area is 162 Å². The zero-order valence-corrected chi connectivity index (χ0v) is 15.8. The Bertz CT molecular complexity index is 1020. The van der Waals surface area contributed by atoms with E-state index in [1.54, 1.807) is 4.57 Å². The molecule has 144 valence electrons. The largest absolute Gasteiger partial charge is 0.493 e. The molecule has 2 N–H and O–H groups in total. The summed E-state index contributed by atoms with van der Waals surface area (Å²) in [5.41, 5.74) is 1.92. The molecule has 2 amide bonds. The normalized spacial score (nSPS) is 11.4. The summed E-state index contributed by atoms with van der Waals surface area (Å²) in [5.74, 6) is -0.905. The maximum absolute atomic E-state index is 12.0. The van der Waals surface area contributed by atoms with E-state index in [1.807, 2.05) is 68.4 Å². The number of hydrogen-bond donors (Lipinski definition) is 2. The van der Waals surface area contributed by atoms with Crippen LogP contribution in [-0.2, 0) is 16.0 Å². The fraction of sp³-hybridized carbons (Fsp3) is 0.238. The van der Waals surface area contributed by atoms with Crippen LogP contribution in [0.1, 0.15) is 25.5 Å². The van der Waals surface area contributed by atoms with E-state index >= 15 is 0 Å². The third kappa shape index (κ3) is 4.25. The molecule has 0 radical (unpaired) electrons. The molecule has 0 aliphatic rings. The summed E-state index contributed by atoms with van der Waals surface area (Å²) in [4.78, 5) is 23.9. The van der Waals surface area contributed by atoms with Gasteiger partial charge in [0.25, 0.3) is 5.91 Å². The van der Waals surface area contributed by atoms with Crippen molar-refractivity contribution >= 4 is 28.4 Å². The van der Waals surface area contributed by atoms with E-state index in [1.165, 1.54) is 0 Å². The second kappa shape index (κ2) is 8.47. The number of benzene rings is 2. The number of nitrogens with zero attached hydrogens (tertiary/aromatic N) is 3. The van der Waals surface area contributed by atoms with Crippen LogP contribution in [0, 0.1) is 0 Å². The minimum atomic E-state index is -0.595. The van der Waals surface area contributed by atoms with E-state index in [9.17, 15) is 14.7 Å². The molecule has 2 aromatic carbocycles. The van der Waals surface area contributed by atoms with Crippen molar-refractivity contribution < 1.29 is 14.7 Å². The van der Waals surface area contributed by atoms with Crippen LogP contribution < -0.4 is 5.32 Å². The lowest BCUT2D eigenvalue weighted by molar-refractivity contribution is -0.124. The predicted octanol–water partition coefficient (Wildman–Crippen LogP) is 3.90. The van der Waals surface area contributed by atoms with Crippen LogP contribution >= 0.6 is 0 Å². The predicted molar refractivity (Wildman–Crippen MR) is 107 cm³/mol. The van der Waals surface area contributed by atoms with Crippen molar-refractivity contribution in [1.82, 2.24) is 9.88 Å². The van der Waals surface area contributed by atoms with E-state index in [4.69, 9.17) is 0 Å². The standard InChI is InChI=1S/C21H22N4O3/c1-14(2)25-17-11-7-6-10-16(17)20(21(25)28)24-23-19(27)13-22-18(26)12-15-8-4-3-5-9-15/h3-11,14,28H,12-13H2,1-2H3,(H,22,26). The van der Waals surface area contributed by atoms with Gasteiger partial charge in [0.15, 0.2) is 5.69 Å². The summed E-state index contributed by atoms with van der Waals surface area (Å²) < 4.78 is 1.73. The highest BCUT2D eigenvalue weighted by atomic mass is 16.3. The fourth-order valence-corrected chi connectivity index (χ4v) is 3.01. The van der Waals surface area contributed by atoms with Crippen molar-refractivity contribution in [2.45, 2.75) is 26.3 Å². The highest BCUT2D eigenvalue weighted by Gasteiger charge is 2.18. The number of para-hydroxylation sites is 1. The van der Waals surface area contributed by atoms with Crippen molar-refractivity contribution in [3.8, 4) is 5.88 Å². The topological polar surface area (TPSA) is 96.0 Å². The number of carbonyl (C=O) groups is 2. The highest BCUT2D eigenvalue weighted by Crippen LogP contribution is 2.40. The Morgan fingerprint density at radius 2 is 1.75 bits per heavy atom. The summed E-state index contributed by atoms with van der Waals surface area (Å²) in [6.45, 7) is 3.64. The summed E-state index contributed by atoms with van der Waals surface area (Å²) in [6.07, 6.45) is 0.188. The number of fused-ring (bicyclic) bond motifs is 1. The number of aromatic nitrogens is 1. The Kier molecular flexibility index (Phi) is 5.84. The van der Waals surface area contributed by atoms with Gasteiger partial charge in [0, 0.05) is 11.4 Å². The molecule has 0 unspecified atom stereocenters. The third-order valence-electron chi connectivity index (χ3n) is 4.28. The molecule has 3 aromatic rings. The summed E-state index contributed by atoms with van der Waals surface area (Å²) in [6, 6.07) is 16.7. The average Bonchev–Trinajstić information content (AvgIpc) is 2.97. The number of nitrogens with one attached hydrogen (secondary N) is 1. The molecule has 7 heteroatoms. The number of azo groups is 1. The van der Waals surface area contributed by atoms with Crippen molar-refractivity contribution in [1.29, 1.82) is 0 Å². The molecule has 0 saturated carbocycles. The first-order valence-electron chi connectivity index (χ1n) is 9.04. The molecule has 0 aliphatic heterocycles. The molecule has 3 rings (SSSR count). The van der Waals surface area contributed by atoms with Gasteiger partial charge in [0.2, 0.25) is 11.8 Å². The zero-order chi connectivity index (χ0) is 20.1. The molecule has 0 fully saturated rings. The first-order chi connectivity index (χ1) is 13.5. The SMILES string of the molecule is CC(C)n1c(O)c(N=NC(=O)CNC(=O)Cc2ccccc2)c2ccccc21. The molecule has 0 spiro atoms. The van der Waals surface area contributed by atoms with Crippen LogP contribution in [0.3, 0.4) is 0 Å². The van der Waals surface area contributed by atoms with Gasteiger partial charge in [-0.3, -0.25) is 9.59 Å². The van der Waals surface area contributed by atoms with Gasteiger partial charge < -0.3 is 15.0 Å². The van der Waals surface area contributed by atoms with Gasteiger partial charge in [-0.2, -0.15) is 0 Å². The van der Waals surface area contributed by atoms with E-state index in [-0.39, 0.29) is 36.5 Å². The first kappa shape index (κ1) is 19.3. The lowest BCUT2D eigenvalue weighted by atomic mass is 10.1. The summed E-state index contributed by atoms with van der Waals surface area (Å²) in [7, 11) is 0. The first-order valence-corrected chi connectivity index (χ1v) is 9.04. The third-order valence-corrected chi connectivity index (χ3v) is 4.28. The van der Waals surface area contributed by atoms with Crippen molar-refractivity contribution in [2.24, 2.45) is 10.2 Å². The van der Waals surface area contributed by atoms with E-state index in [2.05, 4.69) is 15.5 Å². The molecule has 0 aliphatic carbocycles. The highest BCUT2D eigenvalue weighted by molar-refractivity contribution is 5.95. The smallest absolute Gasteiger partial charge is 0.283 e. The van der Waals surface area contributed by atoms with Crippen molar-refractivity contribution in [3.05, 3.63) is 60.2 Å². The fourth-order valence-electron chi connectivity index (χ4n) is 3.01. The Balaban J connectivity index is 1.68. The zero-order valence-electron chi connectivity index (χ0n) is 15.8. The van der Waals surface area contributed by atoms with Gasteiger partial charge in [0.05, 0.1) is 11.9 Å². The maximum atomic E-state index is 12.0. The summed E-state index contributed by atoms with van der Waals surface area (Å²) >= 11 is 0. The minimum absolute atomic E-state index is 0.0156. The van der Waals surface area contributed by atoms with Crippen LogP contribution in [0.2, 0.25) is 0 Å². The van der Waals surface area contributed by atoms with Crippen molar-refractivity contribution in [2.75, 3.05) is 6.54 Å². The van der Waals surface area contributed by atoms with Gasteiger partial charge in [-0.05, 0) is 25.5 Å². The minimum Gasteiger partial charge on any atom is -0.493 e. The molecule has 1 aromatic heterocycles. The second-order valence-corrected chi connectivity index (χ2v) is 6.69. The van der Waals surface area contributed by atoms with Gasteiger partial charge in [-0.25, -0.2) is 0 Å². The molecule has 0 saturated heterocycles. The quantitative estimate of drug-likeness (QED) is 0.637. The van der Waals surface area contributed by atoms with Crippen molar-refractivity contribution in [3.63, 3.8) is 0 Å². The average molecular weight is 378 g/mol. The monoisotopic (exact) mass is 378 g/mol. The lowest BCUT2D eigenvalue weighted by Gasteiger charge is -2.10. The molecule has 28 heavy (non-hydrogen) atoms. The Morgan fingerprint density at radius 1 is 1.07 bits per heavy atom. The van der Waals surface area contributed by atoms with Crippen LogP contribution in [0.25, 0.3) is 10.9 Å². The van der Waals surface area contributed by atoms with Gasteiger partial charge in [-0.15, -0.1) is 10.2 Å². The van der Waals surface area contributed by atoms with Gasteiger partial charge in [0.1, 0.15) is 6.54 Å². The van der Waals surface area contributed by atoms with E-state index in [0.29, 0.717) is 5.39 Å². The van der Waals surface area contributed by atoms with Crippen LogP contribution in [0.4, 0.5) is 5.69 Å². The number of aromatic hydroxyl groups is 1. The number of rotatable bonds is 6.